The Kier molecular flexibility index (Phi) is 7.11. The number of amides is 1. The summed E-state index contributed by atoms with van der Waals surface area (Å²) in [5.41, 5.74) is 2.11. The quantitative estimate of drug-likeness (QED) is 0.570. The first-order chi connectivity index (χ1) is 13.7. The Balaban J connectivity index is 1.74. The van der Waals surface area contributed by atoms with Gasteiger partial charge in [0.25, 0.3) is 0 Å². The van der Waals surface area contributed by atoms with Gasteiger partial charge in [0.05, 0.1) is 29.5 Å². The molecule has 6 nitrogen and oxygen atoms in total. The summed E-state index contributed by atoms with van der Waals surface area (Å²) in [6.45, 7) is 9.71. The van der Waals surface area contributed by atoms with Crippen LogP contribution in [0.25, 0.3) is 0 Å². The molecule has 0 aliphatic carbocycles. The number of aryl methyl sites for hydroxylation is 1. The number of sulfone groups is 1. The van der Waals surface area contributed by atoms with Gasteiger partial charge in [-0.2, -0.15) is 0 Å². The minimum absolute atomic E-state index is 0.0279. The van der Waals surface area contributed by atoms with Crippen molar-refractivity contribution >= 4 is 38.8 Å². The fraction of sp³-hybridized carbons (Fsp3) is 0.600. The lowest BCUT2D eigenvalue weighted by molar-refractivity contribution is -0.130. The minimum Gasteiger partial charge on any atom is -0.333 e. The number of carbonyl (C=O) groups is 1. The zero-order valence-corrected chi connectivity index (χ0v) is 19.9. The fourth-order valence-corrected chi connectivity index (χ4v) is 6.96. The lowest BCUT2D eigenvalue weighted by Gasteiger charge is -2.28. The predicted molar refractivity (Wildman–Crippen MR) is 119 cm³/mol. The van der Waals surface area contributed by atoms with Gasteiger partial charge in [0.1, 0.15) is 0 Å². The molecule has 1 atom stereocenters. The summed E-state index contributed by atoms with van der Waals surface area (Å²) < 4.78 is 26.1. The normalized spacial score (nSPS) is 18.4. The topological polar surface area (TPSA) is 72.3 Å². The molecule has 160 valence electrons. The number of thioether (sulfide) groups is 1. The Bertz CT molecular complexity index is 949. The van der Waals surface area contributed by atoms with Gasteiger partial charge >= 0.3 is 0 Å². The highest BCUT2D eigenvalue weighted by Gasteiger charge is 2.35. The number of rotatable bonds is 8. The first-order valence-electron chi connectivity index (χ1n) is 9.85. The van der Waals surface area contributed by atoms with Gasteiger partial charge in [0.15, 0.2) is 15.0 Å². The summed E-state index contributed by atoms with van der Waals surface area (Å²) in [5, 5.41) is 2.84. The van der Waals surface area contributed by atoms with Crippen molar-refractivity contribution in [2.75, 3.05) is 17.3 Å². The van der Waals surface area contributed by atoms with Crippen LogP contribution in [-0.4, -0.2) is 52.1 Å². The van der Waals surface area contributed by atoms with Crippen LogP contribution in [-0.2, 0) is 27.7 Å². The smallest absolute Gasteiger partial charge is 0.233 e. The average molecular weight is 456 g/mol. The van der Waals surface area contributed by atoms with Crippen molar-refractivity contribution in [3.63, 3.8) is 0 Å². The number of nitrogens with zero attached hydrogens (tertiary/aromatic N) is 3. The van der Waals surface area contributed by atoms with Gasteiger partial charge < -0.3 is 9.47 Å². The highest BCUT2D eigenvalue weighted by atomic mass is 32.2. The second kappa shape index (κ2) is 9.22. The molecule has 0 unspecified atom stereocenters. The van der Waals surface area contributed by atoms with Gasteiger partial charge in [-0.25, -0.2) is 13.4 Å². The largest absolute Gasteiger partial charge is 0.333 e. The van der Waals surface area contributed by atoms with Crippen molar-refractivity contribution in [2.24, 2.45) is 5.92 Å². The molecule has 29 heavy (non-hydrogen) atoms. The third kappa shape index (κ3) is 5.64. The standard InChI is InChI=1S/C20H29N3O3S3/c1-14(2)10-22-16(4)15(3)21-20(22)28-12-19(24)23(11-18-6-5-8-27-18)17-7-9-29(25,26)13-17/h5-6,8,14,17H,7,9-13H2,1-4H3/t17-/m1/s1. The van der Waals surface area contributed by atoms with Gasteiger partial charge in [0.2, 0.25) is 5.91 Å². The van der Waals surface area contributed by atoms with Gasteiger partial charge in [0, 0.05) is 23.2 Å². The van der Waals surface area contributed by atoms with Gasteiger partial charge in [-0.05, 0) is 37.6 Å². The maximum Gasteiger partial charge on any atom is 0.233 e. The van der Waals surface area contributed by atoms with Crippen molar-refractivity contribution in [3.8, 4) is 0 Å². The summed E-state index contributed by atoms with van der Waals surface area (Å²) in [4.78, 5) is 20.6. The van der Waals surface area contributed by atoms with Crippen LogP contribution in [0.2, 0.25) is 0 Å². The van der Waals surface area contributed by atoms with E-state index >= 15 is 0 Å². The van der Waals surface area contributed by atoms with Crippen LogP contribution >= 0.6 is 23.1 Å². The van der Waals surface area contributed by atoms with Crippen LogP contribution in [0.3, 0.4) is 0 Å². The van der Waals surface area contributed by atoms with Gasteiger partial charge in [-0.3, -0.25) is 4.79 Å². The lowest BCUT2D eigenvalue weighted by Crippen LogP contribution is -2.41. The summed E-state index contributed by atoms with van der Waals surface area (Å²) in [6, 6.07) is 3.70. The molecule has 1 aliphatic heterocycles. The molecule has 1 fully saturated rings. The third-order valence-electron chi connectivity index (χ3n) is 5.17. The summed E-state index contributed by atoms with van der Waals surface area (Å²) in [5.74, 6) is 0.942. The van der Waals surface area contributed by atoms with Crippen LogP contribution in [0.15, 0.2) is 22.7 Å². The van der Waals surface area contributed by atoms with Crippen LogP contribution in [0.5, 0.6) is 0 Å². The molecule has 9 heteroatoms. The number of carbonyl (C=O) groups excluding carboxylic acids is 1. The Labute approximate surface area is 181 Å². The van der Waals surface area contributed by atoms with E-state index in [0.717, 1.165) is 28.0 Å². The molecular formula is C20H29N3O3S3. The fourth-order valence-electron chi connectivity index (χ4n) is 3.54. The zero-order valence-electron chi connectivity index (χ0n) is 17.4. The van der Waals surface area contributed by atoms with E-state index in [2.05, 4.69) is 30.3 Å². The molecule has 2 aromatic rings. The van der Waals surface area contributed by atoms with E-state index in [1.165, 1.54) is 11.8 Å². The molecule has 1 saturated heterocycles. The van der Waals surface area contributed by atoms with E-state index in [1.54, 1.807) is 16.2 Å². The highest BCUT2D eigenvalue weighted by Crippen LogP contribution is 2.26. The zero-order chi connectivity index (χ0) is 21.2. The number of hydrogen-bond acceptors (Lipinski definition) is 6. The van der Waals surface area contributed by atoms with Crippen molar-refractivity contribution < 1.29 is 13.2 Å². The van der Waals surface area contributed by atoms with Crippen LogP contribution in [0.1, 0.15) is 36.5 Å². The molecule has 0 bridgehead atoms. The number of hydrogen-bond donors (Lipinski definition) is 0. The van der Waals surface area contributed by atoms with Crippen molar-refractivity contribution in [2.45, 2.75) is 58.4 Å². The molecule has 0 spiro atoms. The minimum atomic E-state index is -3.06. The molecule has 0 saturated carbocycles. The maximum absolute atomic E-state index is 13.1. The number of imidazole rings is 1. The van der Waals surface area contributed by atoms with E-state index in [1.807, 2.05) is 24.4 Å². The van der Waals surface area contributed by atoms with Gasteiger partial charge in [-0.1, -0.05) is 31.7 Å². The highest BCUT2D eigenvalue weighted by molar-refractivity contribution is 7.99. The van der Waals surface area contributed by atoms with E-state index in [-0.39, 0.29) is 29.2 Å². The molecule has 0 radical (unpaired) electrons. The van der Waals surface area contributed by atoms with E-state index in [9.17, 15) is 13.2 Å². The SMILES string of the molecule is Cc1nc(SCC(=O)N(Cc2cccs2)[C@@H]2CCS(=O)(=O)C2)n(CC(C)C)c1C. The summed E-state index contributed by atoms with van der Waals surface area (Å²) in [6.07, 6.45) is 0.518. The molecule has 3 heterocycles. The van der Waals surface area contributed by atoms with E-state index in [0.29, 0.717) is 18.9 Å². The third-order valence-corrected chi connectivity index (χ3v) is 8.74. The molecule has 1 amide bonds. The summed E-state index contributed by atoms with van der Waals surface area (Å²) >= 11 is 3.04. The molecule has 0 aromatic carbocycles. The Morgan fingerprint density at radius 1 is 1.41 bits per heavy atom. The average Bonchev–Trinajstić information content (AvgIpc) is 3.34. The Hall–Kier alpha value is -1.32. The Morgan fingerprint density at radius 2 is 2.17 bits per heavy atom. The van der Waals surface area contributed by atoms with Crippen molar-refractivity contribution in [3.05, 3.63) is 33.8 Å². The van der Waals surface area contributed by atoms with Crippen molar-refractivity contribution in [1.29, 1.82) is 0 Å². The van der Waals surface area contributed by atoms with E-state index in [4.69, 9.17) is 0 Å². The number of aromatic nitrogens is 2. The first kappa shape index (κ1) is 22.4. The van der Waals surface area contributed by atoms with Crippen LogP contribution in [0, 0.1) is 19.8 Å². The molecule has 0 N–H and O–H groups in total. The second-order valence-electron chi connectivity index (χ2n) is 8.02. The molecule has 3 rings (SSSR count). The molecule has 1 aliphatic rings. The van der Waals surface area contributed by atoms with E-state index < -0.39 is 9.84 Å². The maximum atomic E-state index is 13.1. The van der Waals surface area contributed by atoms with Crippen LogP contribution in [0.4, 0.5) is 0 Å². The summed E-state index contributed by atoms with van der Waals surface area (Å²) in [7, 11) is -3.06. The predicted octanol–water partition coefficient (Wildman–Crippen LogP) is 3.53. The monoisotopic (exact) mass is 455 g/mol. The Morgan fingerprint density at radius 3 is 2.76 bits per heavy atom. The molecular weight excluding hydrogens is 426 g/mol. The number of thiophene rings is 1. The first-order valence-corrected chi connectivity index (χ1v) is 13.5. The van der Waals surface area contributed by atoms with Gasteiger partial charge in [-0.15, -0.1) is 11.3 Å². The second-order valence-corrected chi connectivity index (χ2v) is 12.2. The van der Waals surface area contributed by atoms with Crippen molar-refractivity contribution in [1.82, 2.24) is 14.5 Å². The lowest BCUT2D eigenvalue weighted by atomic mass is 10.2. The molecule has 2 aromatic heterocycles. The van der Waals surface area contributed by atoms with Crippen LogP contribution < -0.4 is 0 Å².